The first-order chi connectivity index (χ1) is 7.24. The Morgan fingerprint density at radius 1 is 1.20 bits per heavy atom. The second kappa shape index (κ2) is 4.74. The summed E-state index contributed by atoms with van der Waals surface area (Å²) in [5, 5.41) is 3.74. The van der Waals surface area contributed by atoms with Crippen molar-refractivity contribution in [2.45, 2.75) is 19.8 Å². The molecule has 4 heteroatoms. The van der Waals surface area contributed by atoms with Crippen LogP contribution in [0.3, 0.4) is 0 Å². The van der Waals surface area contributed by atoms with Crippen LogP contribution in [0.25, 0.3) is 0 Å². The van der Waals surface area contributed by atoms with E-state index < -0.39 is 0 Å². The lowest BCUT2D eigenvalue weighted by Gasteiger charge is -1.98. The number of halogens is 1. The monoisotopic (exact) mass is 314 g/mol. The van der Waals surface area contributed by atoms with Crippen LogP contribution < -0.4 is 0 Å². The van der Waals surface area contributed by atoms with Gasteiger partial charge in [0.05, 0.1) is 0 Å². The number of hydrogen-bond donors (Lipinski definition) is 0. The highest BCUT2D eigenvalue weighted by molar-refractivity contribution is 14.1. The zero-order chi connectivity index (χ0) is 10.7. The van der Waals surface area contributed by atoms with Crippen molar-refractivity contribution in [3.05, 3.63) is 45.1 Å². The molecule has 15 heavy (non-hydrogen) atoms. The molecule has 0 fully saturated rings. The van der Waals surface area contributed by atoms with Gasteiger partial charge in [0.25, 0.3) is 0 Å². The summed E-state index contributed by atoms with van der Waals surface area (Å²) in [5.41, 5.74) is 2.58. The van der Waals surface area contributed by atoms with Gasteiger partial charge in [-0.15, -0.1) is 0 Å². The third-order valence-electron chi connectivity index (χ3n) is 2.19. The zero-order valence-electron chi connectivity index (χ0n) is 8.40. The molecule has 1 aromatic carbocycles. The van der Waals surface area contributed by atoms with Crippen molar-refractivity contribution in [1.82, 2.24) is 10.1 Å². The normalized spacial score (nSPS) is 10.5. The van der Waals surface area contributed by atoms with E-state index in [1.54, 1.807) is 0 Å². The van der Waals surface area contributed by atoms with E-state index in [1.165, 1.54) is 11.1 Å². The number of rotatable bonds is 3. The Kier molecular flexibility index (Phi) is 3.35. The quantitative estimate of drug-likeness (QED) is 0.818. The third kappa shape index (κ3) is 3.02. The Labute approximate surface area is 102 Å². The third-order valence-corrected chi connectivity index (χ3v) is 2.63. The fourth-order valence-corrected chi connectivity index (χ4v) is 1.71. The van der Waals surface area contributed by atoms with Crippen molar-refractivity contribution >= 4 is 22.6 Å². The number of aryl methyl sites for hydroxylation is 3. The second-order valence-electron chi connectivity index (χ2n) is 3.44. The van der Waals surface area contributed by atoms with E-state index >= 15 is 0 Å². The van der Waals surface area contributed by atoms with Crippen LogP contribution >= 0.6 is 22.6 Å². The van der Waals surface area contributed by atoms with E-state index in [-0.39, 0.29) is 0 Å². The molecule has 2 aromatic rings. The van der Waals surface area contributed by atoms with Gasteiger partial charge in [-0.3, -0.25) is 0 Å². The second-order valence-corrected chi connectivity index (χ2v) is 4.41. The van der Waals surface area contributed by atoms with Crippen molar-refractivity contribution in [2.24, 2.45) is 0 Å². The van der Waals surface area contributed by atoms with Gasteiger partial charge in [-0.1, -0.05) is 35.0 Å². The lowest BCUT2D eigenvalue weighted by molar-refractivity contribution is 0.375. The average Bonchev–Trinajstić information content (AvgIpc) is 2.64. The number of nitrogens with zero attached hydrogens (tertiary/aromatic N) is 2. The first-order valence-electron chi connectivity index (χ1n) is 4.77. The lowest BCUT2D eigenvalue weighted by Crippen LogP contribution is -1.91. The first-order valence-corrected chi connectivity index (χ1v) is 5.85. The van der Waals surface area contributed by atoms with E-state index in [2.05, 4.69) is 41.3 Å². The van der Waals surface area contributed by atoms with Gasteiger partial charge < -0.3 is 4.52 Å². The van der Waals surface area contributed by atoms with E-state index in [1.807, 2.05) is 22.6 Å². The molecule has 1 aromatic heterocycles. The van der Waals surface area contributed by atoms with Crippen LogP contribution in [0.15, 0.2) is 28.8 Å². The van der Waals surface area contributed by atoms with Gasteiger partial charge in [0.2, 0.25) is 9.72 Å². The molecule has 3 nitrogen and oxygen atoms in total. The molecular formula is C11H11IN2O. The summed E-state index contributed by atoms with van der Waals surface area (Å²) < 4.78 is 5.71. The molecule has 0 N–H and O–H groups in total. The molecule has 0 atom stereocenters. The summed E-state index contributed by atoms with van der Waals surface area (Å²) in [6.07, 6.45) is 1.75. The van der Waals surface area contributed by atoms with Crippen LogP contribution in [0.2, 0.25) is 0 Å². The van der Waals surface area contributed by atoms with Crippen LogP contribution in [0, 0.1) is 10.8 Å². The number of benzene rings is 1. The maximum atomic E-state index is 5.04. The molecule has 2 rings (SSSR count). The molecule has 0 spiro atoms. The van der Waals surface area contributed by atoms with Gasteiger partial charge in [0.15, 0.2) is 0 Å². The molecule has 0 aliphatic rings. The van der Waals surface area contributed by atoms with Crippen LogP contribution in [0.5, 0.6) is 0 Å². The molecule has 0 aliphatic carbocycles. The van der Waals surface area contributed by atoms with E-state index in [0.29, 0.717) is 9.72 Å². The molecule has 78 valence electrons. The van der Waals surface area contributed by atoms with Crippen molar-refractivity contribution < 1.29 is 4.52 Å². The highest BCUT2D eigenvalue weighted by Gasteiger charge is 2.03. The first kappa shape index (κ1) is 10.6. The van der Waals surface area contributed by atoms with E-state index in [9.17, 15) is 0 Å². The summed E-state index contributed by atoms with van der Waals surface area (Å²) >= 11 is 2.04. The molecule has 1 heterocycles. The minimum absolute atomic E-state index is 0.673. The smallest absolute Gasteiger partial charge is 0.232 e. The minimum atomic E-state index is 0.673. The van der Waals surface area contributed by atoms with Gasteiger partial charge >= 0.3 is 0 Å². The number of hydrogen-bond acceptors (Lipinski definition) is 3. The fraction of sp³-hybridized carbons (Fsp3) is 0.273. The summed E-state index contributed by atoms with van der Waals surface area (Å²) in [6, 6.07) is 8.51. The van der Waals surface area contributed by atoms with Crippen LogP contribution in [0.1, 0.15) is 17.0 Å². The summed E-state index contributed by atoms with van der Waals surface area (Å²) in [7, 11) is 0. The van der Waals surface area contributed by atoms with Crippen molar-refractivity contribution in [3.8, 4) is 0 Å². The van der Waals surface area contributed by atoms with Crippen molar-refractivity contribution in [3.63, 3.8) is 0 Å². The van der Waals surface area contributed by atoms with Crippen LogP contribution in [0.4, 0.5) is 0 Å². The molecule has 0 aliphatic heterocycles. The average molecular weight is 314 g/mol. The highest BCUT2D eigenvalue weighted by Crippen LogP contribution is 2.08. The van der Waals surface area contributed by atoms with Gasteiger partial charge in [-0.2, -0.15) is 4.98 Å². The summed E-state index contributed by atoms with van der Waals surface area (Å²) in [6.45, 7) is 2.09. The van der Waals surface area contributed by atoms with E-state index in [4.69, 9.17) is 4.52 Å². The van der Waals surface area contributed by atoms with Gasteiger partial charge in [0.1, 0.15) is 0 Å². The number of aromatic nitrogens is 2. The predicted octanol–water partition coefficient (Wildman–Crippen LogP) is 2.77. The summed E-state index contributed by atoms with van der Waals surface area (Å²) in [4.78, 5) is 4.15. The Balaban J connectivity index is 1.96. The van der Waals surface area contributed by atoms with Gasteiger partial charge in [0, 0.05) is 29.0 Å². The minimum Gasteiger partial charge on any atom is -0.339 e. The highest BCUT2D eigenvalue weighted by atomic mass is 127. The maximum Gasteiger partial charge on any atom is 0.232 e. The molecule has 0 radical (unpaired) electrons. The molecule has 0 bridgehead atoms. The lowest BCUT2D eigenvalue weighted by atomic mass is 10.1. The molecule has 0 amide bonds. The van der Waals surface area contributed by atoms with Crippen LogP contribution in [-0.2, 0) is 12.8 Å². The van der Waals surface area contributed by atoms with Gasteiger partial charge in [-0.25, -0.2) is 0 Å². The molecular weight excluding hydrogens is 303 g/mol. The van der Waals surface area contributed by atoms with E-state index in [0.717, 1.165) is 12.8 Å². The van der Waals surface area contributed by atoms with Gasteiger partial charge in [-0.05, 0) is 18.9 Å². The SMILES string of the molecule is Cc1ccc(CCc2nc(I)no2)cc1. The topological polar surface area (TPSA) is 38.9 Å². The molecule has 0 saturated carbocycles. The summed E-state index contributed by atoms with van der Waals surface area (Å²) in [5.74, 6) is 0.708. The Morgan fingerprint density at radius 2 is 1.93 bits per heavy atom. The Hall–Kier alpha value is -0.910. The largest absolute Gasteiger partial charge is 0.339 e. The standard InChI is InChI=1S/C11H11IN2O/c1-8-2-4-9(5-3-8)6-7-10-13-11(12)14-15-10/h2-5H,6-7H2,1H3. The Bertz CT molecular complexity index is 436. The van der Waals surface area contributed by atoms with Crippen LogP contribution in [-0.4, -0.2) is 10.1 Å². The maximum absolute atomic E-state index is 5.04. The van der Waals surface area contributed by atoms with Crippen molar-refractivity contribution in [2.75, 3.05) is 0 Å². The predicted molar refractivity (Wildman–Crippen MR) is 65.6 cm³/mol. The molecule has 0 unspecified atom stereocenters. The fourth-order valence-electron chi connectivity index (χ4n) is 1.34. The zero-order valence-corrected chi connectivity index (χ0v) is 10.6. The van der Waals surface area contributed by atoms with Crippen molar-refractivity contribution in [1.29, 1.82) is 0 Å². The Morgan fingerprint density at radius 3 is 2.53 bits per heavy atom. The molecule has 0 saturated heterocycles.